The number of nitrogens with one attached hydrogen (secondary N) is 1. The Bertz CT molecular complexity index is 782. The molecule has 0 fully saturated rings. The Kier molecular flexibility index (Phi) is 5.08. The largest absolute Gasteiger partial charge is 0.493 e. The van der Waals surface area contributed by atoms with Gasteiger partial charge in [0.25, 0.3) is 11.6 Å². The Morgan fingerprint density at radius 2 is 1.88 bits per heavy atom. The van der Waals surface area contributed by atoms with Crippen LogP contribution in [0.3, 0.4) is 0 Å². The molecule has 1 aromatic carbocycles. The Morgan fingerprint density at radius 1 is 1.25 bits per heavy atom. The summed E-state index contributed by atoms with van der Waals surface area (Å²) in [4.78, 5) is 23.0. The number of rotatable bonds is 6. The zero-order valence-electron chi connectivity index (χ0n) is 14.0. The minimum atomic E-state index is -0.621. The maximum Gasteiger partial charge on any atom is 0.286 e. The standard InChI is InChI=1S/C16H19N3O5/c1-10-5-6-11(18(10)2)9-17-16(20)12-7-14(23-3)15(24-4)8-13(12)19(21)22/h5-8H,9H2,1-4H3,(H,17,20). The fourth-order valence-electron chi connectivity index (χ4n) is 2.31. The second-order valence-corrected chi connectivity index (χ2v) is 5.19. The topological polar surface area (TPSA) is 95.6 Å². The van der Waals surface area contributed by atoms with Gasteiger partial charge in [-0.1, -0.05) is 0 Å². The van der Waals surface area contributed by atoms with Crippen molar-refractivity contribution in [3.63, 3.8) is 0 Å². The Labute approximate surface area is 139 Å². The van der Waals surface area contributed by atoms with Crippen molar-refractivity contribution in [1.82, 2.24) is 9.88 Å². The average molecular weight is 333 g/mol. The molecule has 8 nitrogen and oxygen atoms in total. The maximum atomic E-state index is 12.4. The van der Waals surface area contributed by atoms with Crippen LogP contribution in [0.2, 0.25) is 0 Å². The molecule has 0 atom stereocenters. The Hall–Kier alpha value is -3.03. The van der Waals surface area contributed by atoms with E-state index in [0.29, 0.717) is 0 Å². The normalized spacial score (nSPS) is 10.3. The highest BCUT2D eigenvalue weighted by Gasteiger charge is 2.24. The minimum Gasteiger partial charge on any atom is -0.493 e. The fourth-order valence-corrected chi connectivity index (χ4v) is 2.31. The van der Waals surface area contributed by atoms with Crippen LogP contribution in [0.4, 0.5) is 5.69 Å². The van der Waals surface area contributed by atoms with Gasteiger partial charge in [-0.05, 0) is 19.1 Å². The lowest BCUT2D eigenvalue weighted by Crippen LogP contribution is -2.25. The number of nitro benzene ring substituents is 1. The molecule has 0 radical (unpaired) electrons. The van der Waals surface area contributed by atoms with E-state index in [1.165, 1.54) is 26.4 Å². The monoisotopic (exact) mass is 333 g/mol. The summed E-state index contributed by atoms with van der Waals surface area (Å²) in [6.07, 6.45) is 0. The first-order valence-electron chi connectivity index (χ1n) is 7.18. The first-order valence-corrected chi connectivity index (χ1v) is 7.18. The molecule has 0 bridgehead atoms. The number of aromatic nitrogens is 1. The summed E-state index contributed by atoms with van der Waals surface area (Å²) in [6, 6.07) is 6.31. The number of ether oxygens (including phenoxy) is 2. The van der Waals surface area contributed by atoms with Crippen LogP contribution in [0.5, 0.6) is 11.5 Å². The van der Waals surface area contributed by atoms with Crippen LogP contribution in [-0.2, 0) is 13.6 Å². The molecule has 8 heteroatoms. The lowest BCUT2D eigenvalue weighted by atomic mass is 10.1. The lowest BCUT2D eigenvalue weighted by molar-refractivity contribution is -0.385. The number of benzene rings is 1. The molecule has 0 aliphatic rings. The zero-order chi connectivity index (χ0) is 17.9. The third kappa shape index (κ3) is 3.32. The van der Waals surface area contributed by atoms with E-state index in [-0.39, 0.29) is 29.3 Å². The molecule has 0 unspecified atom stereocenters. The molecule has 1 N–H and O–H groups in total. The van der Waals surface area contributed by atoms with E-state index in [2.05, 4.69) is 5.32 Å². The molecular formula is C16H19N3O5. The zero-order valence-corrected chi connectivity index (χ0v) is 14.0. The highest BCUT2D eigenvalue weighted by atomic mass is 16.6. The molecule has 24 heavy (non-hydrogen) atoms. The van der Waals surface area contributed by atoms with Gasteiger partial charge in [0.1, 0.15) is 5.56 Å². The molecule has 1 heterocycles. The number of carbonyl (C=O) groups is 1. The number of methoxy groups -OCH3 is 2. The number of hydrogen-bond donors (Lipinski definition) is 1. The van der Waals surface area contributed by atoms with E-state index in [0.717, 1.165) is 11.4 Å². The van der Waals surface area contributed by atoms with Crippen LogP contribution >= 0.6 is 0 Å². The van der Waals surface area contributed by atoms with Gasteiger partial charge in [-0.2, -0.15) is 0 Å². The summed E-state index contributed by atoms with van der Waals surface area (Å²) in [5.41, 5.74) is 1.53. The molecule has 2 aromatic rings. The van der Waals surface area contributed by atoms with Gasteiger partial charge in [-0.15, -0.1) is 0 Å². The molecule has 0 aliphatic carbocycles. The van der Waals surface area contributed by atoms with Crippen LogP contribution < -0.4 is 14.8 Å². The highest BCUT2D eigenvalue weighted by Crippen LogP contribution is 2.34. The highest BCUT2D eigenvalue weighted by molar-refractivity contribution is 5.99. The van der Waals surface area contributed by atoms with Crippen molar-refractivity contribution in [1.29, 1.82) is 0 Å². The van der Waals surface area contributed by atoms with E-state index in [1.807, 2.05) is 30.7 Å². The predicted octanol–water partition coefficient (Wildman–Crippen LogP) is 2.19. The SMILES string of the molecule is COc1cc(C(=O)NCc2ccc(C)n2C)c([N+](=O)[O-])cc1OC. The smallest absolute Gasteiger partial charge is 0.286 e. The molecule has 0 saturated carbocycles. The second-order valence-electron chi connectivity index (χ2n) is 5.19. The summed E-state index contributed by atoms with van der Waals surface area (Å²) in [5.74, 6) is -0.108. The van der Waals surface area contributed by atoms with Crippen molar-refractivity contribution in [2.24, 2.45) is 7.05 Å². The van der Waals surface area contributed by atoms with Crippen LogP contribution in [0, 0.1) is 17.0 Å². The Morgan fingerprint density at radius 3 is 2.38 bits per heavy atom. The van der Waals surface area contributed by atoms with Crippen molar-refractivity contribution in [3.8, 4) is 11.5 Å². The van der Waals surface area contributed by atoms with Crippen molar-refractivity contribution in [2.45, 2.75) is 13.5 Å². The van der Waals surface area contributed by atoms with Crippen LogP contribution in [0.15, 0.2) is 24.3 Å². The molecule has 2 rings (SSSR count). The van der Waals surface area contributed by atoms with E-state index in [4.69, 9.17) is 9.47 Å². The van der Waals surface area contributed by atoms with Crippen LogP contribution in [-0.4, -0.2) is 29.6 Å². The van der Waals surface area contributed by atoms with Gasteiger partial charge in [0.2, 0.25) is 0 Å². The first kappa shape index (κ1) is 17.3. The van der Waals surface area contributed by atoms with Crippen molar-refractivity contribution < 1.29 is 19.2 Å². The first-order chi connectivity index (χ1) is 11.4. The van der Waals surface area contributed by atoms with Gasteiger partial charge in [0, 0.05) is 24.5 Å². The third-order valence-electron chi connectivity index (χ3n) is 3.85. The van der Waals surface area contributed by atoms with E-state index in [9.17, 15) is 14.9 Å². The number of aryl methyl sites for hydroxylation is 1. The Balaban J connectivity index is 2.30. The maximum absolute atomic E-state index is 12.4. The lowest BCUT2D eigenvalue weighted by Gasteiger charge is -2.11. The summed E-state index contributed by atoms with van der Waals surface area (Å²) in [5, 5.41) is 13.9. The number of amides is 1. The van der Waals surface area contributed by atoms with E-state index in [1.54, 1.807) is 0 Å². The molecular weight excluding hydrogens is 314 g/mol. The number of nitro groups is 1. The van der Waals surface area contributed by atoms with Crippen molar-refractivity contribution in [3.05, 3.63) is 51.3 Å². The van der Waals surface area contributed by atoms with Gasteiger partial charge < -0.3 is 19.4 Å². The quantitative estimate of drug-likeness (QED) is 0.646. The van der Waals surface area contributed by atoms with Crippen LogP contribution in [0.1, 0.15) is 21.7 Å². The predicted molar refractivity (Wildman–Crippen MR) is 87.5 cm³/mol. The fraction of sp³-hybridized carbons (Fsp3) is 0.312. The van der Waals surface area contributed by atoms with Gasteiger partial charge in [0.15, 0.2) is 11.5 Å². The summed E-state index contributed by atoms with van der Waals surface area (Å²) in [7, 11) is 4.66. The molecule has 0 saturated heterocycles. The molecule has 0 spiro atoms. The van der Waals surface area contributed by atoms with Gasteiger partial charge >= 0.3 is 0 Å². The second kappa shape index (κ2) is 7.03. The molecule has 128 valence electrons. The van der Waals surface area contributed by atoms with Crippen LogP contribution in [0.25, 0.3) is 0 Å². The van der Waals surface area contributed by atoms with Gasteiger partial charge in [0.05, 0.1) is 31.8 Å². The van der Waals surface area contributed by atoms with Crippen molar-refractivity contribution in [2.75, 3.05) is 14.2 Å². The van der Waals surface area contributed by atoms with E-state index >= 15 is 0 Å². The summed E-state index contributed by atoms with van der Waals surface area (Å²) >= 11 is 0. The van der Waals surface area contributed by atoms with Crippen molar-refractivity contribution >= 4 is 11.6 Å². The van der Waals surface area contributed by atoms with Gasteiger partial charge in [-0.3, -0.25) is 14.9 Å². The van der Waals surface area contributed by atoms with Gasteiger partial charge in [-0.25, -0.2) is 0 Å². The molecule has 1 amide bonds. The third-order valence-corrected chi connectivity index (χ3v) is 3.85. The molecule has 1 aromatic heterocycles. The number of nitrogens with zero attached hydrogens (tertiary/aromatic N) is 2. The molecule has 0 aliphatic heterocycles. The minimum absolute atomic E-state index is 0.0800. The summed E-state index contributed by atoms with van der Waals surface area (Å²) in [6.45, 7) is 2.21. The number of carbonyl (C=O) groups excluding carboxylic acids is 1. The number of hydrogen-bond acceptors (Lipinski definition) is 5. The average Bonchev–Trinajstić information content (AvgIpc) is 2.90. The van der Waals surface area contributed by atoms with E-state index < -0.39 is 10.8 Å². The summed E-state index contributed by atoms with van der Waals surface area (Å²) < 4.78 is 12.1.